The Hall–Kier alpha value is -3.29. The fraction of sp³-hybridized carbons (Fsp3) is 0.321. The number of nitrogens with zero attached hydrogens (tertiary/aromatic N) is 2. The van der Waals surface area contributed by atoms with E-state index >= 15 is 0 Å². The zero-order valence-corrected chi connectivity index (χ0v) is 20.0. The molecule has 1 saturated heterocycles. The number of piperazine rings is 1. The predicted octanol–water partition coefficient (Wildman–Crippen LogP) is 5.00. The highest BCUT2D eigenvalue weighted by atomic mass is 19.1. The number of hydrogen-bond acceptors (Lipinski definition) is 4. The Balaban J connectivity index is 1.42. The number of carbonyl (C=O) groups excluding carboxylic acids is 1. The summed E-state index contributed by atoms with van der Waals surface area (Å²) in [5, 5.41) is 0. The predicted molar refractivity (Wildman–Crippen MR) is 130 cm³/mol. The van der Waals surface area contributed by atoms with Gasteiger partial charge in [-0.2, -0.15) is 0 Å². The Bertz CT molecular complexity index is 1120. The lowest BCUT2D eigenvalue weighted by atomic mass is 10.1. The van der Waals surface area contributed by atoms with E-state index in [-0.39, 0.29) is 6.10 Å². The van der Waals surface area contributed by atoms with Gasteiger partial charge in [0.25, 0.3) is 5.91 Å². The first kappa shape index (κ1) is 24.8. The van der Waals surface area contributed by atoms with Crippen LogP contribution in [-0.4, -0.2) is 55.5 Å². The molecule has 0 aliphatic carbocycles. The maximum atomic E-state index is 14.1. The topological polar surface area (TPSA) is 42.0 Å². The second-order valence-electron chi connectivity index (χ2n) is 8.75. The summed E-state index contributed by atoms with van der Waals surface area (Å²) in [6.07, 6.45) is -0.210. The number of rotatable bonds is 8. The number of aryl methyl sites for hydroxylation is 1. The van der Waals surface area contributed by atoms with Gasteiger partial charge < -0.3 is 14.4 Å². The summed E-state index contributed by atoms with van der Waals surface area (Å²) < 4.78 is 39.9. The van der Waals surface area contributed by atoms with E-state index in [0.717, 1.165) is 29.0 Å². The number of amides is 1. The second-order valence-corrected chi connectivity index (χ2v) is 8.75. The SMILES string of the molecule is COc1cccc(C(CN2CCN(C(=O)c3c(F)cccc3F)CC2)OCc2ccc(C)cc2)c1. The van der Waals surface area contributed by atoms with E-state index in [2.05, 4.69) is 36.1 Å². The Morgan fingerprint density at radius 3 is 2.26 bits per heavy atom. The van der Waals surface area contributed by atoms with Crippen molar-refractivity contribution >= 4 is 5.91 Å². The zero-order chi connectivity index (χ0) is 24.8. The van der Waals surface area contributed by atoms with E-state index in [1.165, 1.54) is 16.5 Å². The van der Waals surface area contributed by atoms with E-state index in [1.807, 2.05) is 24.3 Å². The molecule has 0 spiro atoms. The lowest BCUT2D eigenvalue weighted by Gasteiger charge is -2.36. The largest absolute Gasteiger partial charge is 0.497 e. The van der Waals surface area contributed by atoms with Gasteiger partial charge in [-0.05, 0) is 42.3 Å². The molecular formula is C28H30F2N2O3. The van der Waals surface area contributed by atoms with E-state index in [4.69, 9.17) is 9.47 Å². The van der Waals surface area contributed by atoms with Crippen molar-refractivity contribution < 1.29 is 23.0 Å². The summed E-state index contributed by atoms with van der Waals surface area (Å²) in [6.45, 7) is 5.06. The molecule has 1 heterocycles. The standard InChI is InChI=1S/C28H30F2N2O3/c1-20-9-11-21(12-10-20)19-35-26(22-5-3-6-23(17-22)34-2)18-31-13-15-32(16-14-31)28(33)27-24(29)7-4-8-25(27)30/h3-12,17,26H,13-16,18-19H2,1-2H3. The molecule has 1 unspecified atom stereocenters. The van der Waals surface area contributed by atoms with Gasteiger partial charge in [-0.1, -0.05) is 48.0 Å². The third-order valence-electron chi connectivity index (χ3n) is 6.30. The van der Waals surface area contributed by atoms with Gasteiger partial charge in [0.15, 0.2) is 0 Å². The summed E-state index contributed by atoms with van der Waals surface area (Å²) in [6, 6.07) is 19.5. The number of ether oxygens (including phenoxy) is 2. The van der Waals surface area contributed by atoms with Crippen LogP contribution in [0.15, 0.2) is 66.7 Å². The summed E-state index contributed by atoms with van der Waals surface area (Å²) >= 11 is 0. The summed E-state index contributed by atoms with van der Waals surface area (Å²) in [4.78, 5) is 16.4. The third-order valence-corrected chi connectivity index (χ3v) is 6.30. The van der Waals surface area contributed by atoms with Crippen molar-refractivity contribution in [2.24, 2.45) is 0 Å². The monoisotopic (exact) mass is 480 g/mol. The highest BCUT2D eigenvalue weighted by Gasteiger charge is 2.28. The van der Waals surface area contributed by atoms with Crippen LogP contribution >= 0.6 is 0 Å². The molecule has 1 aliphatic rings. The average Bonchev–Trinajstić information content (AvgIpc) is 2.87. The normalized spacial score (nSPS) is 15.1. The summed E-state index contributed by atoms with van der Waals surface area (Å²) in [7, 11) is 1.63. The van der Waals surface area contributed by atoms with Crippen LogP contribution in [-0.2, 0) is 11.3 Å². The molecule has 0 bridgehead atoms. The maximum Gasteiger partial charge on any atom is 0.259 e. The van der Waals surface area contributed by atoms with Gasteiger partial charge in [0.05, 0.1) is 19.8 Å². The minimum atomic E-state index is -0.833. The van der Waals surface area contributed by atoms with E-state index < -0.39 is 23.1 Å². The van der Waals surface area contributed by atoms with Crippen molar-refractivity contribution in [3.8, 4) is 5.75 Å². The molecule has 1 atom stereocenters. The number of halogens is 2. The van der Waals surface area contributed by atoms with Crippen LogP contribution in [0.4, 0.5) is 8.78 Å². The molecule has 35 heavy (non-hydrogen) atoms. The van der Waals surface area contributed by atoms with Crippen LogP contribution in [0.25, 0.3) is 0 Å². The highest BCUT2D eigenvalue weighted by Crippen LogP contribution is 2.25. The van der Waals surface area contributed by atoms with Crippen molar-refractivity contribution in [1.82, 2.24) is 9.80 Å². The highest BCUT2D eigenvalue weighted by molar-refractivity contribution is 5.94. The van der Waals surface area contributed by atoms with E-state index in [0.29, 0.717) is 39.3 Å². The van der Waals surface area contributed by atoms with Crippen LogP contribution in [0.3, 0.4) is 0 Å². The minimum Gasteiger partial charge on any atom is -0.497 e. The van der Waals surface area contributed by atoms with Crippen molar-refractivity contribution in [2.45, 2.75) is 19.6 Å². The molecule has 7 heteroatoms. The molecule has 4 rings (SSSR count). The molecule has 184 valence electrons. The molecule has 1 fully saturated rings. The van der Waals surface area contributed by atoms with Gasteiger partial charge in [-0.15, -0.1) is 0 Å². The van der Waals surface area contributed by atoms with Crippen LogP contribution in [0.5, 0.6) is 5.75 Å². The third kappa shape index (κ3) is 6.24. The van der Waals surface area contributed by atoms with Crippen molar-refractivity contribution in [2.75, 3.05) is 39.8 Å². The van der Waals surface area contributed by atoms with Crippen LogP contribution < -0.4 is 4.74 Å². The molecule has 1 aliphatic heterocycles. The number of benzene rings is 3. The molecule has 3 aromatic rings. The Morgan fingerprint density at radius 2 is 1.60 bits per heavy atom. The molecular weight excluding hydrogens is 450 g/mol. The first-order valence-corrected chi connectivity index (χ1v) is 11.7. The van der Waals surface area contributed by atoms with Gasteiger partial charge in [0, 0.05) is 32.7 Å². The zero-order valence-electron chi connectivity index (χ0n) is 20.0. The quantitative estimate of drug-likeness (QED) is 0.455. The van der Waals surface area contributed by atoms with Crippen LogP contribution in [0.1, 0.15) is 33.2 Å². The van der Waals surface area contributed by atoms with Gasteiger partial charge in [0.2, 0.25) is 0 Å². The second kappa shape index (κ2) is 11.4. The Morgan fingerprint density at radius 1 is 0.943 bits per heavy atom. The average molecular weight is 481 g/mol. The van der Waals surface area contributed by atoms with Gasteiger partial charge >= 0.3 is 0 Å². The molecule has 5 nitrogen and oxygen atoms in total. The number of hydrogen-bond donors (Lipinski definition) is 0. The smallest absolute Gasteiger partial charge is 0.259 e. The minimum absolute atomic E-state index is 0.210. The molecule has 1 amide bonds. The first-order valence-electron chi connectivity index (χ1n) is 11.7. The van der Waals surface area contributed by atoms with Crippen molar-refractivity contribution in [3.63, 3.8) is 0 Å². The van der Waals surface area contributed by atoms with Gasteiger partial charge in [-0.3, -0.25) is 9.69 Å². The molecule has 0 saturated carbocycles. The summed E-state index contributed by atoms with van der Waals surface area (Å²) in [5.74, 6) is -1.52. The Kier molecular flexibility index (Phi) is 8.10. The maximum absolute atomic E-state index is 14.1. The van der Waals surface area contributed by atoms with E-state index in [1.54, 1.807) is 7.11 Å². The van der Waals surface area contributed by atoms with Gasteiger partial charge in [-0.25, -0.2) is 8.78 Å². The molecule has 3 aromatic carbocycles. The number of carbonyl (C=O) groups is 1. The lowest BCUT2D eigenvalue weighted by Crippen LogP contribution is -2.50. The first-order chi connectivity index (χ1) is 16.9. The van der Waals surface area contributed by atoms with E-state index in [9.17, 15) is 13.6 Å². The van der Waals surface area contributed by atoms with Crippen molar-refractivity contribution in [1.29, 1.82) is 0 Å². The van der Waals surface area contributed by atoms with Crippen molar-refractivity contribution in [3.05, 3.63) is 101 Å². The molecule has 0 N–H and O–H groups in total. The molecule has 0 aromatic heterocycles. The molecule has 0 radical (unpaired) electrons. The fourth-order valence-electron chi connectivity index (χ4n) is 4.21. The Labute approximate surface area is 204 Å². The number of methoxy groups -OCH3 is 1. The summed E-state index contributed by atoms with van der Waals surface area (Å²) in [5.41, 5.74) is 2.80. The van der Waals surface area contributed by atoms with Crippen LogP contribution in [0, 0.1) is 18.6 Å². The fourth-order valence-corrected chi connectivity index (χ4v) is 4.21. The lowest BCUT2D eigenvalue weighted by molar-refractivity contribution is 0.00324. The van der Waals surface area contributed by atoms with Gasteiger partial charge in [0.1, 0.15) is 22.9 Å². The van der Waals surface area contributed by atoms with Crippen LogP contribution in [0.2, 0.25) is 0 Å².